The normalized spacial score (nSPS) is 13.7. The van der Waals surface area contributed by atoms with E-state index in [1.807, 2.05) is 0 Å². The van der Waals surface area contributed by atoms with Gasteiger partial charge in [0.25, 0.3) is 5.92 Å². The number of nitrogens with one attached hydrogen (secondary N) is 1. The molecule has 0 heterocycles. The van der Waals surface area contributed by atoms with Gasteiger partial charge in [-0.25, -0.2) is 4.79 Å². The van der Waals surface area contributed by atoms with Crippen LogP contribution < -0.4 is 11.1 Å². The molecule has 0 radical (unpaired) electrons. The summed E-state index contributed by atoms with van der Waals surface area (Å²) in [6, 6.07) is 5.70. The standard InChI is InChI=1S/C14H20F2N2O2/c1-13(2,3)20-12(19)18-11(9-17)14(15,16)10-7-5-4-6-8-10/h4-8,11H,9,17H2,1-3H3,(H,18,19). The Morgan fingerprint density at radius 2 is 1.85 bits per heavy atom. The first-order chi connectivity index (χ1) is 9.16. The van der Waals surface area contributed by atoms with E-state index in [0.717, 1.165) is 0 Å². The van der Waals surface area contributed by atoms with Gasteiger partial charge >= 0.3 is 6.09 Å². The van der Waals surface area contributed by atoms with Gasteiger partial charge in [-0.3, -0.25) is 0 Å². The second kappa shape index (κ2) is 6.17. The summed E-state index contributed by atoms with van der Waals surface area (Å²) in [5.41, 5.74) is 4.40. The van der Waals surface area contributed by atoms with Gasteiger partial charge < -0.3 is 15.8 Å². The van der Waals surface area contributed by atoms with Crippen molar-refractivity contribution >= 4 is 6.09 Å². The first-order valence-corrected chi connectivity index (χ1v) is 6.29. The Morgan fingerprint density at radius 3 is 2.30 bits per heavy atom. The molecule has 0 aliphatic rings. The lowest BCUT2D eigenvalue weighted by Gasteiger charge is -2.28. The van der Waals surface area contributed by atoms with E-state index in [-0.39, 0.29) is 5.56 Å². The van der Waals surface area contributed by atoms with Crippen LogP contribution in [0, 0.1) is 0 Å². The van der Waals surface area contributed by atoms with Gasteiger partial charge in [0, 0.05) is 12.1 Å². The Labute approximate surface area is 117 Å². The Hall–Kier alpha value is -1.69. The van der Waals surface area contributed by atoms with Crippen molar-refractivity contribution in [3.05, 3.63) is 35.9 Å². The van der Waals surface area contributed by atoms with E-state index in [0.29, 0.717) is 0 Å². The number of hydrogen-bond donors (Lipinski definition) is 2. The molecule has 3 N–H and O–H groups in total. The molecule has 4 nitrogen and oxygen atoms in total. The fourth-order valence-corrected chi connectivity index (χ4v) is 1.61. The summed E-state index contributed by atoms with van der Waals surface area (Å²) in [7, 11) is 0. The maximum Gasteiger partial charge on any atom is 0.408 e. The van der Waals surface area contributed by atoms with Gasteiger partial charge in [-0.2, -0.15) is 8.78 Å². The molecule has 112 valence electrons. The van der Waals surface area contributed by atoms with Crippen molar-refractivity contribution in [2.24, 2.45) is 5.73 Å². The lowest BCUT2D eigenvalue weighted by atomic mass is 10.0. The van der Waals surface area contributed by atoms with Gasteiger partial charge in [-0.05, 0) is 20.8 Å². The van der Waals surface area contributed by atoms with E-state index in [9.17, 15) is 13.6 Å². The van der Waals surface area contributed by atoms with Gasteiger partial charge in [0.2, 0.25) is 0 Å². The zero-order valence-corrected chi connectivity index (χ0v) is 11.8. The SMILES string of the molecule is CC(C)(C)OC(=O)NC(CN)C(F)(F)c1ccccc1. The highest BCUT2D eigenvalue weighted by Gasteiger charge is 2.42. The van der Waals surface area contributed by atoms with Crippen LogP contribution >= 0.6 is 0 Å². The lowest BCUT2D eigenvalue weighted by Crippen LogP contribution is -2.51. The third kappa shape index (κ3) is 4.45. The second-order valence-electron chi connectivity index (χ2n) is 5.42. The Kier molecular flexibility index (Phi) is 5.05. The third-order valence-electron chi connectivity index (χ3n) is 2.52. The third-order valence-corrected chi connectivity index (χ3v) is 2.52. The van der Waals surface area contributed by atoms with Crippen molar-refractivity contribution in [1.82, 2.24) is 5.32 Å². The molecule has 1 aromatic carbocycles. The Morgan fingerprint density at radius 1 is 1.30 bits per heavy atom. The summed E-state index contributed by atoms with van der Waals surface area (Å²) in [6.07, 6.45) is -0.913. The smallest absolute Gasteiger partial charge is 0.408 e. The minimum absolute atomic E-state index is 0.202. The molecule has 0 aliphatic carbocycles. The predicted molar refractivity (Wildman–Crippen MR) is 72.5 cm³/mol. The predicted octanol–water partition coefficient (Wildman–Crippen LogP) is 2.63. The van der Waals surface area contributed by atoms with E-state index in [1.165, 1.54) is 24.3 Å². The largest absolute Gasteiger partial charge is 0.444 e. The number of hydrogen-bond acceptors (Lipinski definition) is 3. The number of carbonyl (C=O) groups excluding carboxylic acids is 1. The highest BCUT2D eigenvalue weighted by Crippen LogP contribution is 2.31. The average molecular weight is 286 g/mol. The molecule has 0 spiro atoms. The molecule has 0 aliphatic heterocycles. The van der Waals surface area contributed by atoms with Crippen molar-refractivity contribution in [3.8, 4) is 0 Å². The topological polar surface area (TPSA) is 64.3 Å². The summed E-state index contributed by atoms with van der Waals surface area (Å²) in [4.78, 5) is 11.6. The number of nitrogens with two attached hydrogens (primary N) is 1. The van der Waals surface area contributed by atoms with E-state index >= 15 is 0 Å². The highest BCUT2D eigenvalue weighted by atomic mass is 19.3. The zero-order chi connectivity index (χ0) is 15.4. The molecule has 0 bridgehead atoms. The van der Waals surface area contributed by atoms with Gasteiger partial charge in [0.05, 0.1) is 0 Å². The molecule has 0 saturated carbocycles. The molecular weight excluding hydrogens is 266 g/mol. The summed E-state index contributed by atoms with van der Waals surface area (Å²) in [5, 5.41) is 2.13. The molecule has 1 amide bonds. The average Bonchev–Trinajstić information content (AvgIpc) is 2.34. The number of ether oxygens (including phenoxy) is 1. The molecular formula is C14H20F2N2O2. The fraction of sp³-hybridized carbons (Fsp3) is 0.500. The maximum atomic E-state index is 14.3. The van der Waals surface area contributed by atoms with Crippen LogP contribution in [0.3, 0.4) is 0 Å². The summed E-state index contributed by atoms with van der Waals surface area (Å²) in [6.45, 7) is 4.55. The summed E-state index contributed by atoms with van der Waals surface area (Å²) in [5.74, 6) is -3.27. The molecule has 1 aromatic rings. The Bertz CT molecular complexity index is 444. The van der Waals surface area contributed by atoms with Crippen LogP contribution in [-0.4, -0.2) is 24.3 Å². The minimum atomic E-state index is -3.27. The number of rotatable bonds is 4. The van der Waals surface area contributed by atoms with Crippen molar-refractivity contribution in [1.29, 1.82) is 0 Å². The molecule has 1 rings (SSSR count). The number of halogens is 2. The number of alkyl carbamates (subject to hydrolysis) is 1. The van der Waals surface area contributed by atoms with Crippen molar-refractivity contribution in [2.45, 2.75) is 38.3 Å². The monoisotopic (exact) mass is 286 g/mol. The first-order valence-electron chi connectivity index (χ1n) is 6.29. The summed E-state index contributed by atoms with van der Waals surface area (Å²) < 4.78 is 33.5. The minimum Gasteiger partial charge on any atom is -0.444 e. The van der Waals surface area contributed by atoms with Crippen molar-refractivity contribution in [3.63, 3.8) is 0 Å². The Balaban J connectivity index is 2.83. The lowest BCUT2D eigenvalue weighted by molar-refractivity contribution is -0.0439. The van der Waals surface area contributed by atoms with Gasteiger partial charge in [-0.1, -0.05) is 30.3 Å². The van der Waals surface area contributed by atoms with Crippen LogP contribution in [-0.2, 0) is 10.7 Å². The fourth-order valence-electron chi connectivity index (χ4n) is 1.61. The maximum absolute atomic E-state index is 14.3. The van der Waals surface area contributed by atoms with E-state index in [4.69, 9.17) is 10.5 Å². The molecule has 0 fully saturated rings. The zero-order valence-electron chi connectivity index (χ0n) is 11.8. The van der Waals surface area contributed by atoms with Gasteiger partial charge in [-0.15, -0.1) is 0 Å². The number of benzene rings is 1. The van der Waals surface area contributed by atoms with Crippen molar-refractivity contribution in [2.75, 3.05) is 6.54 Å². The number of carbonyl (C=O) groups is 1. The molecule has 1 unspecified atom stereocenters. The van der Waals surface area contributed by atoms with E-state index in [1.54, 1.807) is 26.8 Å². The van der Waals surface area contributed by atoms with E-state index in [2.05, 4.69) is 5.32 Å². The molecule has 1 atom stereocenters. The van der Waals surface area contributed by atoms with Crippen LogP contribution in [0.5, 0.6) is 0 Å². The molecule has 20 heavy (non-hydrogen) atoms. The van der Waals surface area contributed by atoms with E-state index < -0.39 is 30.2 Å². The number of alkyl halides is 2. The van der Waals surface area contributed by atoms with Crippen molar-refractivity contribution < 1.29 is 18.3 Å². The van der Waals surface area contributed by atoms with Crippen LogP contribution in [0.1, 0.15) is 26.3 Å². The van der Waals surface area contributed by atoms with Crippen LogP contribution in [0.15, 0.2) is 30.3 Å². The molecule has 0 aromatic heterocycles. The quantitative estimate of drug-likeness (QED) is 0.894. The van der Waals surface area contributed by atoms with Gasteiger partial charge in [0.15, 0.2) is 0 Å². The second-order valence-corrected chi connectivity index (χ2v) is 5.42. The first kappa shape index (κ1) is 16.4. The highest BCUT2D eigenvalue weighted by molar-refractivity contribution is 5.68. The summed E-state index contributed by atoms with van der Waals surface area (Å²) >= 11 is 0. The molecule has 6 heteroatoms. The molecule has 0 saturated heterocycles. The van der Waals surface area contributed by atoms with Crippen LogP contribution in [0.25, 0.3) is 0 Å². The van der Waals surface area contributed by atoms with Gasteiger partial charge in [0.1, 0.15) is 11.6 Å². The van der Waals surface area contributed by atoms with Crippen LogP contribution in [0.4, 0.5) is 13.6 Å². The number of amides is 1. The van der Waals surface area contributed by atoms with Crippen LogP contribution in [0.2, 0.25) is 0 Å².